The van der Waals surface area contributed by atoms with Crippen LogP contribution in [0.4, 0.5) is 4.39 Å². The number of nitrogens with one attached hydrogen (secondary N) is 1. The van der Waals surface area contributed by atoms with Gasteiger partial charge in [-0.15, -0.1) is 0 Å². The van der Waals surface area contributed by atoms with E-state index in [1.807, 2.05) is 13.0 Å². The molecule has 0 fully saturated rings. The molecule has 0 atom stereocenters. The molecule has 0 unspecified atom stereocenters. The molecule has 0 amide bonds. The molecule has 3 heteroatoms. The first-order valence-electron chi connectivity index (χ1n) is 5.34. The molecule has 0 spiro atoms. The summed E-state index contributed by atoms with van der Waals surface area (Å²) in [5.74, 6) is 0.311. The van der Waals surface area contributed by atoms with E-state index in [0.29, 0.717) is 11.3 Å². The normalized spacial score (nSPS) is 10.6. The highest BCUT2D eigenvalue weighted by molar-refractivity contribution is 5.59. The maximum absolute atomic E-state index is 13.6. The van der Waals surface area contributed by atoms with Crippen molar-refractivity contribution in [3.8, 4) is 11.3 Å². The molecule has 2 aromatic rings. The second kappa shape index (κ2) is 4.94. The fourth-order valence-electron chi connectivity index (χ4n) is 1.57. The highest BCUT2D eigenvalue weighted by atomic mass is 19.1. The summed E-state index contributed by atoms with van der Waals surface area (Å²) < 4.78 is 18.8. The minimum absolute atomic E-state index is 0.254. The van der Waals surface area contributed by atoms with Gasteiger partial charge in [-0.2, -0.15) is 0 Å². The third kappa shape index (κ3) is 2.31. The summed E-state index contributed by atoms with van der Waals surface area (Å²) >= 11 is 0. The van der Waals surface area contributed by atoms with Crippen LogP contribution in [-0.2, 0) is 6.54 Å². The lowest BCUT2D eigenvalue weighted by atomic mass is 10.1. The number of benzene rings is 1. The van der Waals surface area contributed by atoms with E-state index in [0.717, 1.165) is 18.7 Å². The van der Waals surface area contributed by atoms with Gasteiger partial charge in [0.15, 0.2) is 0 Å². The maximum Gasteiger partial charge on any atom is 0.136 e. The number of halogens is 1. The van der Waals surface area contributed by atoms with Crippen LogP contribution < -0.4 is 5.32 Å². The number of furan rings is 1. The molecule has 0 saturated heterocycles. The minimum atomic E-state index is -0.254. The Hall–Kier alpha value is -1.61. The maximum atomic E-state index is 13.6. The summed E-state index contributed by atoms with van der Waals surface area (Å²) in [6.07, 6.45) is 1.55. The number of hydrogen-bond donors (Lipinski definition) is 1. The monoisotopic (exact) mass is 219 g/mol. The lowest BCUT2D eigenvalue weighted by molar-refractivity contribution is 0.569. The van der Waals surface area contributed by atoms with Crippen molar-refractivity contribution in [2.24, 2.45) is 0 Å². The van der Waals surface area contributed by atoms with E-state index in [2.05, 4.69) is 5.32 Å². The quantitative estimate of drug-likeness (QED) is 0.854. The zero-order valence-electron chi connectivity index (χ0n) is 9.16. The molecular weight excluding hydrogens is 205 g/mol. The smallest absolute Gasteiger partial charge is 0.136 e. The topological polar surface area (TPSA) is 25.2 Å². The van der Waals surface area contributed by atoms with Gasteiger partial charge in [-0.1, -0.05) is 13.0 Å². The van der Waals surface area contributed by atoms with Crippen molar-refractivity contribution in [1.29, 1.82) is 0 Å². The van der Waals surface area contributed by atoms with Crippen molar-refractivity contribution in [3.63, 3.8) is 0 Å². The summed E-state index contributed by atoms with van der Waals surface area (Å²) in [4.78, 5) is 0. The molecule has 1 aromatic carbocycles. The Kier molecular flexibility index (Phi) is 3.37. The molecule has 0 bridgehead atoms. The summed E-state index contributed by atoms with van der Waals surface area (Å²) in [5.41, 5.74) is 1.56. The molecule has 0 aliphatic heterocycles. The Morgan fingerprint density at radius 1 is 1.31 bits per heavy atom. The van der Waals surface area contributed by atoms with Crippen LogP contribution in [0.2, 0.25) is 0 Å². The fourth-order valence-corrected chi connectivity index (χ4v) is 1.57. The van der Waals surface area contributed by atoms with E-state index >= 15 is 0 Å². The molecule has 0 saturated carbocycles. The molecule has 84 valence electrons. The molecule has 0 radical (unpaired) electrons. The van der Waals surface area contributed by atoms with Gasteiger partial charge in [0.1, 0.15) is 11.6 Å². The van der Waals surface area contributed by atoms with Gasteiger partial charge < -0.3 is 9.73 Å². The molecule has 0 aliphatic carbocycles. The zero-order chi connectivity index (χ0) is 11.4. The third-order valence-electron chi connectivity index (χ3n) is 2.40. The Morgan fingerprint density at radius 2 is 2.19 bits per heavy atom. The van der Waals surface area contributed by atoms with E-state index in [1.165, 1.54) is 6.07 Å². The van der Waals surface area contributed by atoms with Crippen molar-refractivity contribution < 1.29 is 8.81 Å². The minimum Gasteiger partial charge on any atom is -0.464 e. The van der Waals surface area contributed by atoms with Crippen molar-refractivity contribution in [2.75, 3.05) is 6.54 Å². The Balaban J connectivity index is 2.30. The Labute approximate surface area is 94.1 Å². The van der Waals surface area contributed by atoms with E-state index in [9.17, 15) is 4.39 Å². The summed E-state index contributed by atoms with van der Waals surface area (Å²) in [7, 11) is 0. The highest BCUT2D eigenvalue weighted by Gasteiger charge is 2.08. The van der Waals surface area contributed by atoms with Crippen LogP contribution in [0, 0.1) is 5.82 Å². The second-order valence-corrected chi connectivity index (χ2v) is 3.57. The van der Waals surface area contributed by atoms with Gasteiger partial charge in [0, 0.05) is 6.54 Å². The van der Waals surface area contributed by atoms with E-state index in [-0.39, 0.29) is 5.82 Å². The van der Waals surface area contributed by atoms with Gasteiger partial charge >= 0.3 is 0 Å². The van der Waals surface area contributed by atoms with Crippen LogP contribution in [0.25, 0.3) is 11.3 Å². The third-order valence-corrected chi connectivity index (χ3v) is 2.40. The second-order valence-electron chi connectivity index (χ2n) is 3.57. The average Bonchev–Trinajstić information content (AvgIpc) is 2.81. The summed E-state index contributed by atoms with van der Waals surface area (Å²) in [5, 5.41) is 3.20. The predicted octanol–water partition coefficient (Wildman–Crippen LogP) is 3.20. The molecule has 2 nitrogen and oxygen atoms in total. The van der Waals surface area contributed by atoms with Crippen LogP contribution in [0.1, 0.15) is 12.5 Å². The van der Waals surface area contributed by atoms with Gasteiger partial charge in [-0.05, 0) is 36.4 Å². The van der Waals surface area contributed by atoms with E-state index < -0.39 is 0 Å². The number of rotatable bonds is 4. The Morgan fingerprint density at radius 3 is 2.88 bits per heavy atom. The average molecular weight is 219 g/mol. The molecular formula is C13H14FNO. The molecule has 0 aliphatic rings. The van der Waals surface area contributed by atoms with Crippen LogP contribution in [0.15, 0.2) is 41.0 Å². The lowest BCUT2D eigenvalue weighted by Crippen LogP contribution is -2.11. The highest BCUT2D eigenvalue weighted by Crippen LogP contribution is 2.24. The van der Waals surface area contributed by atoms with Crippen molar-refractivity contribution in [2.45, 2.75) is 13.5 Å². The van der Waals surface area contributed by atoms with Crippen LogP contribution in [0.5, 0.6) is 0 Å². The summed E-state index contributed by atoms with van der Waals surface area (Å²) in [6.45, 7) is 3.68. The first kappa shape index (κ1) is 10.9. The lowest BCUT2D eigenvalue weighted by Gasteiger charge is -2.05. The largest absolute Gasteiger partial charge is 0.464 e. The first-order chi connectivity index (χ1) is 7.81. The molecule has 1 aromatic heterocycles. The SMILES string of the molecule is CCNCc1ccc(F)c(-c2ccco2)c1. The van der Waals surface area contributed by atoms with Crippen molar-refractivity contribution >= 4 is 0 Å². The van der Waals surface area contributed by atoms with Crippen molar-refractivity contribution in [3.05, 3.63) is 48.0 Å². The predicted molar refractivity (Wildman–Crippen MR) is 61.5 cm³/mol. The molecule has 2 rings (SSSR count). The molecule has 1 heterocycles. The number of hydrogen-bond acceptors (Lipinski definition) is 2. The van der Waals surface area contributed by atoms with Gasteiger partial charge in [0.2, 0.25) is 0 Å². The summed E-state index contributed by atoms with van der Waals surface area (Å²) in [6, 6.07) is 8.59. The van der Waals surface area contributed by atoms with Crippen LogP contribution in [-0.4, -0.2) is 6.54 Å². The van der Waals surface area contributed by atoms with Crippen LogP contribution in [0.3, 0.4) is 0 Å². The first-order valence-corrected chi connectivity index (χ1v) is 5.34. The van der Waals surface area contributed by atoms with Gasteiger partial charge in [-0.3, -0.25) is 0 Å². The standard InChI is InChI=1S/C13H14FNO/c1-2-15-9-10-5-6-12(14)11(8-10)13-4-3-7-16-13/h3-8,15H,2,9H2,1H3. The van der Waals surface area contributed by atoms with E-state index in [4.69, 9.17) is 4.42 Å². The fraction of sp³-hybridized carbons (Fsp3) is 0.231. The molecule has 16 heavy (non-hydrogen) atoms. The van der Waals surface area contributed by atoms with Gasteiger partial charge in [0.25, 0.3) is 0 Å². The van der Waals surface area contributed by atoms with Gasteiger partial charge in [0.05, 0.1) is 11.8 Å². The molecule has 1 N–H and O–H groups in total. The van der Waals surface area contributed by atoms with Gasteiger partial charge in [-0.25, -0.2) is 4.39 Å². The van der Waals surface area contributed by atoms with Crippen molar-refractivity contribution in [1.82, 2.24) is 5.32 Å². The zero-order valence-corrected chi connectivity index (χ0v) is 9.16. The Bertz CT molecular complexity index is 451. The van der Waals surface area contributed by atoms with E-state index in [1.54, 1.807) is 24.5 Å². The van der Waals surface area contributed by atoms with Crippen LogP contribution >= 0.6 is 0 Å².